The lowest BCUT2D eigenvalue weighted by molar-refractivity contribution is 0.0819. The van der Waals surface area contributed by atoms with Crippen LogP contribution in [0, 0.1) is 36.9 Å². The quantitative estimate of drug-likeness (QED) is 0.155. The number of primary amides is 1. The zero-order valence-corrected chi connectivity index (χ0v) is 27.0. The first-order valence-electron chi connectivity index (χ1n) is 15.0. The van der Waals surface area contributed by atoms with Crippen LogP contribution in [-0.4, -0.2) is 49.5 Å². The number of aromatic nitrogens is 2. The normalized spacial score (nSPS) is 16.8. The molecule has 0 radical (unpaired) electrons. The number of ether oxygens (including phenoxy) is 2. The van der Waals surface area contributed by atoms with Gasteiger partial charge in [-0.15, -0.1) is 0 Å². The number of halogens is 1. The zero-order valence-electron chi connectivity index (χ0n) is 26.0. The maximum Gasteiger partial charge on any atom is 0.404 e. The predicted octanol–water partition coefficient (Wildman–Crippen LogP) is 6.54. The number of fused-ring (bicyclic) bond motifs is 1. The predicted molar refractivity (Wildman–Crippen MR) is 173 cm³/mol. The Morgan fingerprint density at radius 2 is 1.98 bits per heavy atom. The van der Waals surface area contributed by atoms with Gasteiger partial charge in [0.2, 0.25) is 0 Å². The second-order valence-electron chi connectivity index (χ2n) is 12.9. The summed E-state index contributed by atoms with van der Waals surface area (Å²) >= 11 is 0. The summed E-state index contributed by atoms with van der Waals surface area (Å²) in [5.74, 6) is -0.585. The first-order chi connectivity index (χ1) is 21.0. The van der Waals surface area contributed by atoms with Gasteiger partial charge in [-0.1, -0.05) is 43.9 Å². The van der Waals surface area contributed by atoms with Crippen LogP contribution in [0.25, 0.3) is 33.3 Å². The molecular formula is C34H40FN5O3Si. The Balaban J connectivity index is 1.71. The SMILES string of the molecule is Cc1ccc(-c2ncc3c(cc(CC4CNCC4OC(N)=O)n3COCC[Si](C)(C)C)c2-c2cccc(F)c2C#N)cc1C. The first kappa shape index (κ1) is 31.4. The minimum atomic E-state index is -1.30. The van der Waals surface area contributed by atoms with Gasteiger partial charge in [0.25, 0.3) is 0 Å². The van der Waals surface area contributed by atoms with E-state index in [0.717, 1.165) is 39.3 Å². The van der Waals surface area contributed by atoms with Crippen molar-refractivity contribution in [3.8, 4) is 28.5 Å². The summed E-state index contributed by atoms with van der Waals surface area (Å²) in [6.45, 7) is 13.2. The van der Waals surface area contributed by atoms with Crippen molar-refractivity contribution in [2.45, 2.75) is 58.8 Å². The van der Waals surface area contributed by atoms with Crippen molar-refractivity contribution in [2.24, 2.45) is 11.7 Å². The number of nitrogens with one attached hydrogen (secondary N) is 1. The van der Waals surface area contributed by atoms with Gasteiger partial charge >= 0.3 is 6.09 Å². The molecule has 44 heavy (non-hydrogen) atoms. The molecule has 1 saturated heterocycles. The molecule has 2 atom stereocenters. The third kappa shape index (κ3) is 6.70. The number of carbonyl (C=O) groups excluding carboxylic acids is 1. The zero-order chi connectivity index (χ0) is 31.6. The largest absolute Gasteiger partial charge is 0.445 e. The molecule has 230 valence electrons. The van der Waals surface area contributed by atoms with Crippen LogP contribution in [0.2, 0.25) is 25.7 Å². The van der Waals surface area contributed by atoms with Crippen LogP contribution in [0.4, 0.5) is 9.18 Å². The monoisotopic (exact) mass is 613 g/mol. The van der Waals surface area contributed by atoms with Gasteiger partial charge in [-0.3, -0.25) is 4.98 Å². The molecule has 2 aromatic heterocycles. The Labute approximate surface area is 259 Å². The minimum absolute atomic E-state index is 0.00740. The summed E-state index contributed by atoms with van der Waals surface area (Å²) in [5, 5.41) is 14.2. The first-order valence-corrected chi connectivity index (χ1v) is 18.7. The van der Waals surface area contributed by atoms with Gasteiger partial charge < -0.3 is 25.1 Å². The van der Waals surface area contributed by atoms with Crippen LogP contribution in [0.15, 0.2) is 48.7 Å². The van der Waals surface area contributed by atoms with E-state index >= 15 is 4.39 Å². The van der Waals surface area contributed by atoms with E-state index in [1.807, 2.05) is 25.3 Å². The van der Waals surface area contributed by atoms with E-state index in [9.17, 15) is 10.1 Å². The van der Waals surface area contributed by atoms with Gasteiger partial charge in [0.05, 0.1) is 23.0 Å². The minimum Gasteiger partial charge on any atom is -0.445 e. The van der Waals surface area contributed by atoms with Crippen LogP contribution in [0.5, 0.6) is 0 Å². The van der Waals surface area contributed by atoms with Gasteiger partial charge in [0, 0.05) is 61.5 Å². The second kappa shape index (κ2) is 12.9. The molecule has 1 amide bonds. The fourth-order valence-electron chi connectivity index (χ4n) is 5.83. The van der Waals surface area contributed by atoms with E-state index in [0.29, 0.717) is 49.7 Å². The molecule has 4 aromatic rings. The smallest absolute Gasteiger partial charge is 0.404 e. The summed E-state index contributed by atoms with van der Waals surface area (Å²) < 4.78 is 28.8. The van der Waals surface area contributed by atoms with Crippen molar-refractivity contribution < 1.29 is 18.7 Å². The molecule has 0 bridgehead atoms. The molecule has 2 aromatic carbocycles. The number of rotatable bonds is 10. The Morgan fingerprint density at radius 1 is 1.18 bits per heavy atom. The molecule has 1 fully saturated rings. The van der Waals surface area contributed by atoms with Crippen molar-refractivity contribution in [1.29, 1.82) is 5.26 Å². The summed E-state index contributed by atoms with van der Waals surface area (Å²) in [7, 11) is -1.30. The number of nitriles is 1. The van der Waals surface area contributed by atoms with E-state index in [4.69, 9.17) is 20.2 Å². The number of nitrogens with zero attached hydrogens (tertiary/aromatic N) is 3. The highest BCUT2D eigenvalue weighted by Gasteiger charge is 2.32. The Bertz CT molecular complexity index is 1740. The average molecular weight is 614 g/mol. The number of pyridine rings is 1. The molecule has 0 spiro atoms. The number of hydrogen-bond donors (Lipinski definition) is 2. The third-order valence-corrected chi connectivity index (χ3v) is 10.2. The number of carbonyl (C=O) groups is 1. The molecule has 3 heterocycles. The molecule has 0 aliphatic carbocycles. The molecule has 2 unspecified atom stereocenters. The number of hydrogen-bond acceptors (Lipinski definition) is 6. The highest BCUT2D eigenvalue weighted by Crippen LogP contribution is 2.41. The summed E-state index contributed by atoms with van der Waals surface area (Å²) in [6, 6.07) is 16.0. The van der Waals surface area contributed by atoms with E-state index in [1.54, 1.807) is 12.1 Å². The van der Waals surface area contributed by atoms with Crippen molar-refractivity contribution in [3.05, 3.63) is 76.9 Å². The number of nitrogens with two attached hydrogens (primary N) is 1. The molecule has 1 aliphatic heterocycles. The Hall–Kier alpha value is -4.04. The lowest BCUT2D eigenvalue weighted by Crippen LogP contribution is -2.30. The molecule has 5 rings (SSSR count). The molecule has 3 N–H and O–H groups in total. The summed E-state index contributed by atoms with van der Waals surface area (Å²) in [6.07, 6.45) is 1.27. The molecule has 1 aliphatic rings. The fraction of sp³-hybridized carbons (Fsp3) is 0.382. The highest BCUT2D eigenvalue weighted by atomic mass is 28.3. The second-order valence-corrected chi connectivity index (χ2v) is 18.5. The van der Waals surface area contributed by atoms with Crippen molar-refractivity contribution >= 4 is 25.1 Å². The fourth-order valence-corrected chi connectivity index (χ4v) is 6.58. The van der Waals surface area contributed by atoms with Gasteiger partial charge in [0.1, 0.15) is 24.7 Å². The maximum atomic E-state index is 15.1. The maximum absolute atomic E-state index is 15.1. The topological polar surface area (TPSA) is 115 Å². The van der Waals surface area contributed by atoms with Crippen LogP contribution in [0.3, 0.4) is 0 Å². The number of benzene rings is 2. The average Bonchev–Trinajstić information content (AvgIpc) is 3.54. The van der Waals surface area contributed by atoms with Gasteiger partial charge in [-0.25, -0.2) is 9.18 Å². The van der Waals surface area contributed by atoms with Crippen LogP contribution >= 0.6 is 0 Å². The van der Waals surface area contributed by atoms with Crippen LogP contribution in [-0.2, 0) is 22.6 Å². The molecule has 8 nitrogen and oxygen atoms in total. The van der Waals surface area contributed by atoms with Gasteiger partial charge in [0.15, 0.2) is 0 Å². The lowest BCUT2D eigenvalue weighted by Gasteiger charge is -2.20. The molecule has 0 saturated carbocycles. The Kier molecular flexibility index (Phi) is 9.20. The van der Waals surface area contributed by atoms with E-state index in [2.05, 4.69) is 54.7 Å². The highest BCUT2D eigenvalue weighted by molar-refractivity contribution is 6.76. The van der Waals surface area contributed by atoms with Crippen molar-refractivity contribution in [3.63, 3.8) is 0 Å². The Morgan fingerprint density at radius 3 is 2.68 bits per heavy atom. The van der Waals surface area contributed by atoms with E-state index in [-0.39, 0.29) is 17.6 Å². The van der Waals surface area contributed by atoms with Gasteiger partial charge in [-0.05, 0) is 55.6 Å². The van der Waals surface area contributed by atoms with Crippen molar-refractivity contribution in [2.75, 3.05) is 19.7 Å². The summed E-state index contributed by atoms with van der Waals surface area (Å²) in [5.41, 5.74) is 12.1. The molecule has 10 heteroatoms. The van der Waals surface area contributed by atoms with E-state index in [1.165, 1.54) is 6.07 Å². The number of aryl methyl sites for hydroxylation is 2. The molecular weight excluding hydrogens is 573 g/mol. The standard InChI is InChI=1S/C34H40FN5O3Si/c1-21-9-10-23(13-22(21)2)33-32(26-7-6-8-29(35)28(26)16-36)27-15-25(14-24-17-38-19-31(24)43-34(37)41)40(30(27)18-39-33)20-42-11-12-44(3,4)5/h6-10,13,15,18,24,31,38H,11-12,14,17,19-20H2,1-5H3,(H2,37,41). The van der Waals surface area contributed by atoms with Crippen LogP contribution < -0.4 is 11.1 Å². The van der Waals surface area contributed by atoms with Crippen LogP contribution in [0.1, 0.15) is 22.4 Å². The lowest BCUT2D eigenvalue weighted by atomic mass is 9.91. The number of amides is 1. The third-order valence-electron chi connectivity index (χ3n) is 8.46. The van der Waals surface area contributed by atoms with E-state index < -0.39 is 20.0 Å². The van der Waals surface area contributed by atoms with Crippen molar-refractivity contribution in [1.82, 2.24) is 14.9 Å². The summed E-state index contributed by atoms with van der Waals surface area (Å²) in [4.78, 5) is 16.6. The van der Waals surface area contributed by atoms with Gasteiger partial charge in [-0.2, -0.15) is 5.26 Å².